The van der Waals surface area contributed by atoms with Gasteiger partial charge in [-0.25, -0.2) is 4.79 Å². The van der Waals surface area contributed by atoms with Crippen molar-refractivity contribution in [2.45, 2.75) is 66.0 Å². The lowest BCUT2D eigenvalue weighted by Crippen LogP contribution is -2.45. The van der Waals surface area contributed by atoms with E-state index in [4.69, 9.17) is 14.5 Å². The number of hydrogen-bond acceptors (Lipinski definition) is 4. The molecule has 7 nitrogen and oxygen atoms in total. The van der Waals surface area contributed by atoms with Crippen molar-refractivity contribution in [1.82, 2.24) is 15.5 Å². The molecule has 28 heavy (non-hydrogen) atoms. The zero-order valence-electron chi connectivity index (χ0n) is 18.3. The first-order valence-electron chi connectivity index (χ1n) is 10.2. The smallest absolute Gasteiger partial charge is 0.407 e. The third-order valence-corrected chi connectivity index (χ3v) is 5.20. The fraction of sp³-hybridized carbons (Fsp3) is 0.900. The number of nitrogens with one attached hydrogen (secondary N) is 2. The van der Waals surface area contributed by atoms with Gasteiger partial charge < -0.3 is 25.0 Å². The lowest BCUT2D eigenvalue weighted by molar-refractivity contribution is 0.0493. The summed E-state index contributed by atoms with van der Waals surface area (Å²) in [5.41, 5.74) is -0.209. The van der Waals surface area contributed by atoms with Gasteiger partial charge in [0.05, 0.1) is 19.2 Å². The fourth-order valence-electron chi connectivity index (χ4n) is 3.58. The number of carbonyl (C=O) groups excluding carboxylic acids is 1. The van der Waals surface area contributed by atoms with Crippen LogP contribution in [0.3, 0.4) is 0 Å². The second-order valence-electron chi connectivity index (χ2n) is 9.17. The topological polar surface area (TPSA) is 75.2 Å². The predicted molar refractivity (Wildman–Crippen MR) is 123 cm³/mol. The van der Waals surface area contributed by atoms with Gasteiger partial charge in [0.2, 0.25) is 0 Å². The van der Waals surface area contributed by atoms with Gasteiger partial charge in [-0.3, -0.25) is 4.99 Å². The van der Waals surface area contributed by atoms with E-state index in [1.807, 2.05) is 20.8 Å². The van der Waals surface area contributed by atoms with E-state index in [2.05, 4.69) is 36.3 Å². The molecule has 1 spiro atoms. The van der Waals surface area contributed by atoms with Crippen LogP contribution < -0.4 is 10.6 Å². The number of guanidine groups is 1. The number of aliphatic imine (C=N–C) groups is 1. The van der Waals surface area contributed by atoms with E-state index < -0.39 is 5.60 Å². The molecule has 2 atom stereocenters. The van der Waals surface area contributed by atoms with Gasteiger partial charge in [0.1, 0.15) is 5.60 Å². The monoisotopic (exact) mass is 510 g/mol. The Balaban J connectivity index is 0.00000392. The van der Waals surface area contributed by atoms with Gasteiger partial charge >= 0.3 is 6.09 Å². The number of hydrogen-bond donors (Lipinski definition) is 2. The highest BCUT2D eigenvalue weighted by atomic mass is 127. The Labute approximate surface area is 187 Å². The summed E-state index contributed by atoms with van der Waals surface area (Å²) >= 11 is 0. The van der Waals surface area contributed by atoms with Crippen LogP contribution in [0.15, 0.2) is 4.99 Å². The van der Waals surface area contributed by atoms with E-state index in [0.717, 1.165) is 51.6 Å². The number of amides is 1. The second-order valence-corrected chi connectivity index (χ2v) is 9.17. The first-order valence-corrected chi connectivity index (χ1v) is 10.2. The number of likely N-dealkylation sites (tertiary alicyclic amines) is 1. The molecule has 2 rings (SSSR count). The maximum absolute atomic E-state index is 12.1. The van der Waals surface area contributed by atoms with Gasteiger partial charge in [-0.05, 0) is 46.5 Å². The molecular formula is C20H39IN4O3. The molecule has 0 saturated carbocycles. The van der Waals surface area contributed by atoms with Crippen molar-refractivity contribution >= 4 is 36.0 Å². The molecule has 0 aliphatic carbocycles. The zero-order chi connectivity index (χ0) is 20.1. The summed E-state index contributed by atoms with van der Waals surface area (Å²) in [6.45, 7) is 16.9. The largest absolute Gasteiger partial charge is 0.444 e. The quantitative estimate of drug-likeness (QED) is 0.338. The van der Waals surface area contributed by atoms with Crippen molar-refractivity contribution in [2.24, 2.45) is 16.3 Å². The molecule has 8 heteroatoms. The molecule has 2 heterocycles. The van der Waals surface area contributed by atoms with Crippen molar-refractivity contribution in [3.8, 4) is 0 Å². The van der Waals surface area contributed by atoms with Crippen LogP contribution in [0.1, 0.15) is 54.4 Å². The molecule has 2 aliphatic heterocycles. The van der Waals surface area contributed by atoms with Gasteiger partial charge in [0.15, 0.2) is 5.96 Å². The van der Waals surface area contributed by atoms with Gasteiger partial charge in [0, 0.05) is 31.7 Å². The summed E-state index contributed by atoms with van der Waals surface area (Å²) in [6, 6.07) is -0.0696. The number of alkyl carbamates (subject to hydrolysis) is 1. The molecule has 0 radical (unpaired) electrons. The summed E-state index contributed by atoms with van der Waals surface area (Å²) in [6.07, 6.45) is 1.91. The molecular weight excluding hydrogens is 471 g/mol. The zero-order valence-corrected chi connectivity index (χ0v) is 20.7. The second kappa shape index (κ2) is 10.8. The van der Waals surface area contributed by atoms with Gasteiger partial charge in [-0.2, -0.15) is 0 Å². The number of halogens is 1. The summed E-state index contributed by atoms with van der Waals surface area (Å²) in [5.74, 6) is 1.19. The minimum Gasteiger partial charge on any atom is -0.444 e. The highest BCUT2D eigenvalue weighted by Crippen LogP contribution is 2.38. The van der Waals surface area contributed by atoms with Crippen molar-refractivity contribution in [3.63, 3.8) is 0 Å². The number of ether oxygens (including phenoxy) is 2. The molecule has 2 aliphatic rings. The van der Waals surface area contributed by atoms with Gasteiger partial charge in [0.25, 0.3) is 0 Å². The Hall–Kier alpha value is -0.770. The number of nitrogens with zero attached hydrogens (tertiary/aromatic N) is 2. The van der Waals surface area contributed by atoms with Crippen molar-refractivity contribution < 1.29 is 14.3 Å². The maximum Gasteiger partial charge on any atom is 0.407 e. The minimum absolute atomic E-state index is 0. The van der Waals surface area contributed by atoms with Crippen molar-refractivity contribution in [2.75, 3.05) is 39.4 Å². The van der Waals surface area contributed by atoms with Crippen LogP contribution in [-0.2, 0) is 9.47 Å². The van der Waals surface area contributed by atoms with E-state index in [0.29, 0.717) is 12.0 Å². The lowest BCUT2D eigenvalue weighted by atomic mass is 9.87. The van der Waals surface area contributed by atoms with E-state index in [1.54, 1.807) is 0 Å². The molecule has 0 bridgehead atoms. The predicted octanol–water partition coefficient (Wildman–Crippen LogP) is 3.23. The first-order chi connectivity index (χ1) is 12.6. The first kappa shape index (κ1) is 25.3. The average molecular weight is 510 g/mol. The molecule has 0 aromatic rings. The normalized spacial score (nSPS) is 23.7. The summed E-state index contributed by atoms with van der Waals surface area (Å²) in [4.78, 5) is 19.3. The molecule has 0 aromatic heterocycles. The van der Waals surface area contributed by atoms with Crippen LogP contribution in [0.25, 0.3) is 0 Å². The highest BCUT2D eigenvalue weighted by molar-refractivity contribution is 14.0. The highest BCUT2D eigenvalue weighted by Gasteiger charge is 2.42. The number of carbonyl (C=O) groups is 1. The molecule has 0 aromatic carbocycles. The van der Waals surface area contributed by atoms with Gasteiger partial charge in [-0.15, -0.1) is 24.0 Å². The Morgan fingerprint density at radius 3 is 2.57 bits per heavy atom. The molecule has 164 valence electrons. The Kier molecular flexibility index (Phi) is 9.79. The van der Waals surface area contributed by atoms with E-state index in [-0.39, 0.29) is 42.0 Å². The summed E-state index contributed by atoms with van der Waals surface area (Å²) < 4.78 is 11.0. The number of rotatable bonds is 5. The third kappa shape index (κ3) is 7.57. The van der Waals surface area contributed by atoms with Crippen LogP contribution in [0.5, 0.6) is 0 Å². The van der Waals surface area contributed by atoms with Crippen LogP contribution in [0.2, 0.25) is 0 Å². The Morgan fingerprint density at radius 1 is 1.32 bits per heavy atom. The maximum atomic E-state index is 12.1. The molecule has 2 unspecified atom stereocenters. The van der Waals surface area contributed by atoms with Crippen LogP contribution in [-0.4, -0.2) is 68.0 Å². The summed E-state index contributed by atoms with van der Waals surface area (Å²) in [7, 11) is 0. The fourth-order valence-corrected chi connectivity index (χ4v) is 3.58. The molecule has 1 amide bonds. The molecule has 2 N–H and O–H groups in total. The standard InChI is InChI=1S/C20H38N4O3.HI/c1-7-21-17(24-10-8-20(13-24)9-11-26-14-20)22-12-16(15(2)3)23-18(25)27-19(4,5)6;/h15-16H,7-14H2,1-6H3,(H,21,22)(H,23,25);1H. The minimum atomic E-state index is -0.503. The molecule has 2 fully saturated rings. The van der Waals surface area contributed by atoms with Crippen LogP contribution in [0, 0.1) is 11.3 Å². The van der Waals surface area contributed by atoms with Crippen molar-refractivity contribution in [1.29, 1.82) is 0 Å². The van der Waals surface area contributed by atoms with E-state index in [1.165, 1.54) is 0 Å². The summed E-state index contributed by atoms with van der Waals surface area (Å²) in [5, 5.41) is 6.38. The van der Waals surface area contributed by atoms with Gasteiger partial charge in [-0.1, -0.05) is 13.8 Å². The molecule has 2 saturated heterocycles. The lowest BCUT2D eigenvalue weighted by Gasteiger charge is -2.27. The average Bonchev–Trinajstić information content (AvgIpc) is 3.18. The van der Waals surface area contributed by atoms with Crippen LogP contribution >= 0.6 is 24.0 Å². The van der Waals surface area contributed by atoms with E-state index >= 15 is 0 Å². The SMILES string of the molecule is CCNC(=NCC(NC(=O)OC(C)(C)C)C(C)C)N1CCC2(CCOC2)C1.I. The third-order valence-electron chi connectivity index (χ3n) is 5.20. The van der Waals surface area contributed by atoms with E-state index in [9.17, 15) is 4.79 Å². The van der Waals surface area contributed by atoms with Crippen molar-refractivity contribution in [3.05, 3.63) is 0 Å². The Bertz CT molecular complexity index is 528. The Morgan fingerprint density at radius 2 is 2.04 bits per heavy atom. The van der Waals surface area contributed by atoms with Crippen LogP contribution in [0.4, 0.5) is 4.79 Å².